The summed E-state index contributed by atoms with van der Waals surface area (Å²) in [6.45, 7) is 19.1. The van der Waals surface area contributed by atoms with Gasteiger partial charge in [0.15, 0.2) is 5.96 Å². The minimum Gasteiger partial charge on any atom is -0.459 e. The Bertz CT molecular complexity index is 379. The molecule has 0 atom stereocenters. The summed E-state index contributed by atoms with van der Waals surface area (Å²) in [6, 6.07) is 1.08. The maximum absolute atomic E-state index is 11.7. The number of rotatable bonds is 9. The maximum atomic E-state index is 11.7. The quantitative estimate of drug-likeness (QED) is 0.291. The summed E-state index contributed by atoms with van der Waals surface area (Å²) in [5.74, 6) is 0.342. The first-order valence-corrected chi connectivity index (χ1v) is 9.06. The second-order valence-corrected chi connectivity index (χ2v) is 7.49. The smallest absolute Gasteiger partial charge is 0.328 e. The average Bonchev–Trinajstić information content (AvgIpc) is 2.41. The predicted octanol–water partition coefficient (Wildman–Crippen LogP) is 2.39. The Labute approximate surface area is 148 Å². The summed E-state index contributed by atoms with van der Waals surface area (Å²) in [7, 11) is 0. The Hall–Kier alpha value is -1.30. The molecule has 6 nitrogen and oxygen atoms in total. The molecule has 0 amide bonds. The minimum atomic E-state index is -0.477. The highest BCUT2D eigenvalue weighted by molar-refractivity contribution is 5.83. The minimum absolute atomic E-state index is 0.0245. The summed E-state index contributed by atoms with van der Waals surface area (Å²) in [4.78, 5) is 18.5. The second kappa shape index (κ2) is 11.3. The van der Waals surface area contributed by atoms with Gasteiger partial charge >= 0.3 is 5.97 Å². The van der Waals surface area contributed by atoms with E-state index < -0.39 is 5.60 Å². The summed E-state index contributed by atoms with van der Waals surface area (Å²) in [5.41, 5.74) is -0.477. The lowest BCUT2D eigenvalue weighted by Crippen LogP contribution is -2.41. The molecule has 0 aliphatic heterocycles. The van der Waals surface area contributed by atoms with Gasteiger partial charge in [-0.3, -0.25) is 9.69 Å². The van der Waals surface area contributed by atoms with Gasteiger partial charge in [0.1, 0.15) is 12.1 Å². The molecular weight excluding hydrogens is 304 g/mol. The molecular formula is C18H38N4O2. The zero-order chi connectivity index (χ0) is 18.8. The largest absolute Gasteiger partial charge is 0.459 e. The van der Waals surface area contributed by atoms with E-state index in [1.807, 2.05) is 27.7 Å². The summed E-state index contributed by atoms with van der Waals surface area (Å²) >= 11 is 0. The van der Waals surface area contributed by atoms with Gasteiger partial charge in [0.25, 0.3) is 0 Å². The number of carbonyl (C=O) groups is 1. The number of nitrogens with zero attached hydrogens (tertiary/aromatic N) is 2. The van der Waals surface area contributed by atoms with Gasteiger partial charge in [-0.1, -0.05) is 0 Å². The van der Waals surface area contributed by atoms with Crippen molar-refractivity contribution in [2.75, 3.05) is 26.2 Å². The topological polar surface area (TPSA) is 66.0 Å². The lowest BCUT2D eigenvalue weighted by molar-refractivity contribution is -0.152. The van der Waals surface area contributed by atoms with Gasteiger partial charge in [0.2, 0.25) is 0 Å². The standard InChI is InChI=1S/C18H38N4O2/c1-9-19-17(21-13-16(23)24-18(6,7)8)20-11-10-12-22(14(2)3)15(4)5/h14-15H,9-13H2,1-8H3,(H2,19,20,21). The highest BCUT2D eigenvalue weighted by atomic mass is 16.6. The lowest BCUT2D eigenvalue weighted by atomic mass is 10.2. The third-order valence-corrected chi connectivity index (χ3v) is 3.34. The normalized spacial score (nSPS) is 12.9. The first-order valence-electron chi connectivity index (χ1n) is 9.06. The third kappa shape index (κ3) is 11.3. The fraction of sp³-hybridized carbons (Fsp3) is 0.889. The molecule has 0 aromatic carbocycles. The molecule has 0 spiro atoms. The first-order chi connectivity index (χ1) is 11.1. The van der Waals surface area contributed by atoms with Crippen molar-refractivity contribution in [2.24, 2.45) is 4.99 Å². The molecule has 0 unspecified atom stereocenters. The lowest BCUT2D eigenvalue weighted by Gasteiger charge is -2.30. The molecule has 0 heterocycles. The van der Waals surface area contributed by atoms with E-state index in [0.717, 1.165) is 26.1 Å². The summed E-state index contributed by atoms with van der Waals surface area (Å²) < 4.78 is 5.27. The molecule has 24 heavy (non-hydrogen) atoms. The van der Waals surface area contributed by atoms with Gasteiger partial charge in [-0.2, -0.15) is 0 Å². The molecule has 0 aliphatic rings. The monoisotopic (exact) mass is 342 g/mol. The van der Waals surface area contributed by atoms with Crippen LogP contribution in [0.25, 0.3) is 0 Å². The average molecular weight is 343 g/mol. The molecule has 0 aliphatic carbocycles. The zero-order valence-corrected chi connectivity index (χ0v) is 16.9. The number of nitrogens with one attached hydrogen (secondary N) is 2. The van der Waals surface area contributed by atoms with Crippen LogP contribution in [-0.2, 0) is 9.53 Å². The highest BCUT2D eigenvalue weighted by Gasteiger charge is 2.16. The SMILES string of the molecule is CCNC(=NCC(=O)OC(C)(C)C)NCCCN(C(C)C)C(C)C. The number of guanidine groups is 1. The van der Waals surface area contributed by atoms with E-state index in [1.54, 1.807) is 0 Å². The van der Waals surface area contributed by atoms with E-state index in [2.05, 4.69) is 48.2 Å². The van der Waals surface area contributed by atoms with Crippen molar-refractivity contribution < 1.29 is 9.53 Å². The summed E-state index contributed by atoms with van der Waals surface area (Å²) in [6.07, 6.45) is 1.02. The Morgan fingerprint density at radius 1 is 1.12 bits per heavy atom. The number of carbonyl (C=O) groups excluding carboxylic acids is 1. The Morgan fingerprint density at radius 3 is 2.17 bits per heavy atom. The van der Waals surface area contributed by atoms with Gasteiger partial charge in [0.05, 0.1) is 0 Å². The Kier molecular flexibility index (Phi) is 10.7. The van der Waals surface area contributed by atoms with Gasteiger partial charge in [0, 0.05) is 31.7 Å². The van der Waals surface area contributed by atoms with Crippen molar-refractivity contribution in [2.45, 2.75) is 79.5 Å². The fourth-order valence-electron chi connectivity index (χ4n) is 2.44. The van der Waals surface area contributed by atoms with Crippen molar-refractivity contribution in [3.05, 3.63) is 0 Å². The zero-order valence-electron chi connectivity index (χ0n) is 16.9. The molecule has 142 valence electrons. The number of aliphatic imine (C=N–C) groups is 1. The van der Waals surface area contributed by atoms with Gasteiger partial charge in [-0.05, 0) is 61.8 Å². The second-order valence-electron chi connectivity index (χ2n) is 7.49. The van der Waals surface area contributed by atoms with Crippen LogP contribution >= 0.6 is 0 Å². The van der Waals surface area contributed by atoms with Crippen LogP contribution in [-0.4, -0.2) is 60.7 Å². The van der Waals surface area contributed by atoms with Crippen LogP contribution in [0.2, 0.25) is 0 Å². The maximum Gasteiger partial charge on any atom is 0.328 e. The van der Waals surface area contributed by atoms with Crippen LogP contribution in [0.4, 0.5) is 0 Å². The number of ether oxygens (including phenoxy) is 1. The molecule has 0 bridgehead atoms. The van der Waals surface area contributed by atoms with E-state index >= 15 is 0 Å². The van der Waals surface area contributed by atoms with Crippen LogP contribution < -0.4 is 10.6 Å². The van der Waals surface area contributed by atoms with E-state index in [4.69, 9.17) is 4.74 Å². The fourth-order valence-corrected chi connectivity index (χ4v) is 2.44. The molecule has 0 rings (SSSR count). The molecule has 0 radical (unpaired) electrons. The number of hydrogen-bond acceptors (Lipinski definition) is 4. The number of esters is 1. The van der Waals surface area contributed by atoms with Gasteiger partial charge in [-0.15, -0.1) is 0 Å². The van der Waals surface area contributed by atoms with Crippen molar-refractivity contribution in [1.29, 1.82) is 0 Å². The molecule has 0 fully saturated rings. The van der Waals surface area contributed by atoms with Crippen molar-refractivity contribution in [3.8, 4) is 0 Å². The number of hydrogen-bond donors (Lipinski definition) is 2. The van der Waals surface area contributed by atoms with Crippen LogP contribution in [0.15, 0.2) is 4.99 Å². The van der Waals surface area contributed by atoms with E-state index in [-0.39, 0.29) is 12.5 Å². The van der Waals surface area contributed by atoms with Crippen molar-refractivity contribution in [3.63, 3.8) is 0 Å². The van der Waals surface area contributed by atoms with Crippen molar-refractivity contribution >= 4 is 11.9 Å². The molecule has 2 N–H and O–H groups in total. The van der Waals surface area contributed by atoms with Gasteiger partial charge < -0.3 is 15.4 Å². The van der Waals surface area contributed by atoms with Crippen LogP contribution in [0.3, 0.4) is 0 Å². The molecule has 0 aromatic heterocycles. The van der Waals surface area contributed by atoms with Crippen molar-refractivity contribution in [1.82, 2.24) is 15.5 Å². The molecule has 0 aromatic rings. The summed E-state index contributed by atoms with van der Waals surface area (Å²) in [5, 5.41) is 6.43. The molecule has 6 heteroatoms. The first kappa shape index (κ1) is 22.7. The molecule has 0 saturated carbocycles. The highest BCUT2D eigenvalue weighted by Crippen LogP contribution is 2.07. The van der Waals surface area contributed by atoms with Crippen LogP contribution in [0, 0.1) is 0 Å². The van der Waals surface area contributed by atoms with Crippen LogP contribution in [0.1, 0.15) is 61.8 Å². The Balaban J connectivity index is 4.33. The van der Waals surface area contributed by atoms with Gasteiger partial charge in [-0.25, -0.2) is 4.99 Å². The van der Waals surface area contributed by atoms with E-state index in [1.165, 1.54) is 0 Å². The van der Waals surface area contributed by atoms with E-state index in [9.17, 15) is 4.79 Å². The predicted molar refractivity (Wildman–Crippen MR) is 101 cm³/mol. The third-order valence-electron chi connectivity index (χ3n) is 3.34. The molecule has 0 saturated heterocycles. The van der Waals surface area contributed by atoms with Crippen LogP contribution in [0.5, 0.6) is 0 Å². The van der Waals surface area contributed by atoms with E-state index in [0.29, 0.717) is 18.0 Å². The Morgan fingerprint density at radius 2 is 1.71 bits per heavy atom.